The van der Waals surface area contributed by atoms with Crippen molar-refractivity contribution >= 4 is 17.4 Å². The Bertz CT molecular complexity index is 539. The minimum atomic E-state index is 0.263. The van der Waals surface area contributed by atoms with Gasteiger partial charge in [0, 0.05) is 16.6 Å². The first kappa shape index (κ1) is 14.8. The van der Waals surface area contributed by atoms with Crippen molar-refractivity contribution in [1.82, 2.24) is 0 Å². The molecule has 3 heteroatoms. The first-order chi connectivity index (χ1) is 9.74. The lowest BCUT2D eigenvalue weighted by atomic mass is 10.1. The number of anilines is 1. The smallest absolute Gasteiger partial charge is 0.119 e. The molecule has 0 aliphatic rings. The molecule has 0 aliphatic heterocycles. The summed E-state index contributed by atoms with van der Waals surface area (Å²) in [5, 5.41) is 3.57. The molecule has 0 aliphatic carbocycles. The normalized spacial score (nSPS) is 11.9. The summed E-state index contributed by atoms with van der Waals surface area (Å²) in [4.78, 5) is 1.27. The highest BCUT2D eigenvalue weighted by molar-refractivity contribution is 7.98. The number of hydrogen-bond acceptors (Lipinski definition) is 3. The highest BCUT2D eigenvalue weighted by atomic mass is 32.2. The summed E-state index contributed by atoms with van der Waals surface area (Å²) in [5.41, 5.74) is 2.44. The third-order valence-electron chi connectivity index (χ3n) is 3.17. The second-order valence-electron chi connectivity index (χ2n) is 4.57. The lowest BCUT2D eigenvalue weighted by Crippen LogP contribution is -2.07. The summed E-state index contributed by atoms with van der Waals surface area (Å²) in [6.45, 7) is 4.87. The summed E-state index contributed by atoms with van der Waals surface area (Å²) >= 11 is 1.76. The fourth-order valence-corrected chi connectivity index (χ4v) is 2.66. The van der Waals surface area contributed by atoms with Crippen LogP contribution >= 0.6 is 11.8 Å². The van der Waals surface area contributed by atoms with Gasteiger partial charge in [-0.25, -0.2) is 0 Å². The molecular weight excluding hydrogens is 266 g/mol. The monoisotopic (exact) mass is 287 g/mol. The zero-order valence-electron chi connectivity index (χ0n) is 12.2. The zero-order chi connectivity index (χ0) is 14.4. The average molecular weight is 287 g/mol. The molecule has 2 aromatic carbocycles. The van der Waals surface area contributed by atoms with E-state index in [1.807, 2.05) is 19.1 Å². The summed E-state index contributed by atoms with van der Waals surface area (Å²) in [6, 6.07) is 16.9. The Morgan fingerprint density at radius 3 is 2.45 bits per heavy atom. The van der Waals surface area contributed by atoms with Crippen molar-refractivity contribution in [3.63, 3.8) is 0 Å². The summed E-state index contributed by atoms with van der Waals surface area (Å²) in [6.07, 6.45) is 2.10. The number of benzene rings is 2. The maximum absolute atomic E-state index is 5.47. The lowest BCUT2D eigenvalue weighted by molar-refractivity contribution is 0.340. The van der Waals surface area contributed by atoms with Gasteiger partial charge in [0.15, 0.2) is 0 Å². The van der Waals surface area contributed by atoms with Crippen LogP contribution in [0.25, 0.3) is 0 Å². The van der Waals surface area contributed by atoms with Crippen LogP contribution in [0.15, 0.2) is 53.4 Å². The van der Waals surface area contributed by atoms with E-state index in [1.165, 1.54) is 16.1 Å². The molecule has 1 atom stereocenters. The fourth-order valence-electron chi connectivity index (χ4n) is 2.10. The molecule has 20 heavy (non-hydrogen) atoms. The van der Waals surface area contributed by atoms with Crippen LogP contribution < -0.4 is 10.1 Å². The van der Waals surface area contributed by atoms with E-state index < -0.39 is 0 Å². The van der Waals surface area contributed by atoms with Crippen LogP contribution in [-0.2, 0) is 0 Å². The number of thioether (sulfide) groups is 1. The topological polar surface area (TPSA) is 21.3 Å². The molecule has 2 aromatic rings. The summed E-state index contributed by atoms with van der Waals surface area (Å²) < 4.78 is 5.47. The van der Waals surface area contributed by atoms with Gasteiger partial charge < -0.3 is 10.1 Å². The van der Waals surface area contributed by atoms with Gasteiger partial charge in [-0.2, -0.15) is 0 Å². The minimum absolute atomic E-state index is 0.263. The predicted octanol–water partition coefficient (Wildman–Crippen LogP) is 4.98. The molecule has 0 saturated heterocycles. The molecule has 0 bridgehead atoms. The Hall–Kier alpha value is -1.61. The predicted molar refractivity (Wildman–Crippen MR) is 87.9 cm³/mol. The van der Waals surface area contributed by atoms with Crippen molar-refractivity contribution in [2.45, 2.75) is 24.8 Å². The van der Waals surface area contributed by atoms with E-state index in [2.05, 4.69) is 54.9 Å². The SMILES string of the molecule is CCOc1ccc(C(C)Nc2ccccc2SC)cc1. The number of para-hydroxylation sites is 1. The van der Waals surface area contributed by atoms with E-state index in [0.29, 0.717) is 6.61 Å². The zero-order valence-corrected chi connectivity index (χ0v) is 13.0. The second kappa shape index (κ2) is 7.25. The van der Waals surface area contributed by atoms with Crippen LogP contribution in [0, 0.1) is 0 Å². The van der Waals surface area contributed by atoms with Crippen molar-refractivity contribution in [2.75, 3.05) is 18.2 Å². The number of hydrogen-bond donors (Lipinski definition) is 1. The van der Waals surface area contributed by atoms with Gasteiger partial charge in [0.05, 0.1) is 6.61 Å². The fraction of sp³-hybridized carbons (Fsp3) is 0.294. The quantitative estimate of drug-likeness (QED) is 0.757. The minimum Gasteiger partial charge on any atom is -0.494 e. The highest BCUT2D eigenvalue weighted by Crippen LogP contribution is 2.28. The molecule has 2 rings (SSSR count). The molecule has 0 spiro atoms. The van der Waals surface area contributed by atoms with Gasteiger partial charge in [-0.3, -0.25) is 0 Å². The summed E-state index contributed by atoms with van der Waals surface area (Å²) in [5.74, 6) is 0.924. The first-order valence-corrected chi connectivity index (χ1v) is 8.09. The van der Waals surface area contributed by atoms with Crippen LogP contribution in [0.5, 0.6) is 5.75 Å². The number of ether oxygens (including phenoxy) is 1. The number of nitrogens with one attached hydrogen (secondary N) is 1. The molecule has 106 valence electrons. The Morgan fingerprint density at radius 1 is 1.10 bits per heavy atom. The molecule has 0 amide bonds. The van der Waals surface area contributed by atoms with E-state index >= 15 is 0 Å². The van der Waals surface area contributed by atoms with Crippen LogP contribution in [0.3, 0.4) is 0 Å². The van der Waals surface area contributed by atoms with Crippen molar-refractivity contribution in [2.24, 2.45) is 0 Å². The molecule has 0 fully saturated rings. The highest BCUT2D eigenvalue weighted by Gasteiger charge is 2.08. The van der Waals surface area contributed by atoms with E-state index in [4.69, 9.17) is 4.74 Å². The largest absolute Gasteiger partial charge is 0.494 e. The molecule has 0 radical (unpaired) electrons. The molecule has 1 N–H and O–H groups in total. The van der Waals surface area contributed by atoms with Crippen molar-refractivity contribution in [3.8, 4) is 5.75 Å². The molecular formula is C17H21NOS. The van der Waals surface area contributed by atoms with Gasteiger partial charge in [0.2, 0.25) is 0 Å². The molecule has 0 heterocycles. The van der Waals surface area contributed by atoms with Crippen molar-refractivity contribution < 1.29 is 4.74 Å². The molecule has 1 unspecified atom stereocenters. The van der Waals surface area contributed by atoms with Gasteiger partial charge in [-0.15, -0.1) is 11.8 Å². The standard InChI is InChI=1S/C17H21NOS/c1-4-19-15-11-9-14(10-12-15)13(2)18-16-7-5-6-8-17(16)20-3/h5-13,18H,4H2,1-3H3. The Balaban J connectivity index is 2.09. The van der Waals surface area contributed by atoms with Crippen LogP contribution in [0.4, 0.5) is 5.69 Å². The van der Waals surface area contributed by atoms with E-state index in [0.717, 1.165) is 5.75 Å². The Morgan fingerprint density at radius 2 is 1.80 bits per heavy atom. The van der Waals surface area contributed by atoms with E-state index in [1.54, 1.807) is 11.8 Å². The Kier molecular flexibility index (Phi) is 5.36. The summed E-state index contributed by atoms with van der Waals surface area (Å²) in [7, 11) is 0. The lowest BCUT2D eigenvalue weighted by Gasteiger charge is -2.18. The van der Waals surface area contributed by atoms with Gasteiger partial charge in [-0.1, -0.05) is 24.3 Å². The van der Waals surface area contributed by atoms with Gasteiger partial charge >= 0.3 is 0 Å². The Labute approximate surface area is 125 Å². The third kappa shape index (κ3) is 3.70. The average Bonchev–Trinajstić information content (AvgIpc) is 2.49. The number of rotatable bonds is 6. The molecule has 0 aromatic heterocycles. The second-order valence-corrected chi connectivity index (χ2v) is 5.42. The third-order valence-corrected chi connectivity index (χ3v) is 3.97. The van der Waals surface area contributed by atoms with Gasteiger partial charge in [0.1, 0.15) is 5.75 Å². The van der Waals surface area contributed by atoms with Gasteiger partial charge in [0.25, 0.3) is 0 Å². The molecule has 0 saturated carbocycles. The maximum atomic E-state index is 5.47. The van der Waals surface area contributed by atoms with E-state index in [-0.39, 0.29) is 6.04 Å². The van der Waals surface area contributed by atoms with E-state index in [9.17, 15) is 0 Å². The van der Waals surface area contributed by atoms with Crippen LogP contribution in [0.2, 0.25) is 0 Å². The van der Waals surface area contributed by atoms with Gasteiger partial charge in [-0.05, 0) is 49.9 Å². The molecule has 2 nitrogen and oxygen atoms in total. The van der Waals surface area contributed by atoms with Crippen molar-refractivity contribution in [1.29, 1.82) is 0 Å². The van der Waals surface area contributed by atoms with Crippen molar-refractivity contribution in [3.05, 3.63) is 54.1 Å². The van der Waals surface area contributed by atoms with Crippen LogP contribution in [0.1, 0.15) is 25.5 Å². The maximum Gasteiger partial charge on any atom is 0.119 e. The first-order valence-electron chi connectivity index (χ1n) is 6.87. The van der Waals surface area contributed by atoms with Crippen LogP contribution in [-0.4, -0.2) is 12.9 Å².